The Balaban J connectivity index is 0.00000176. The van der Waals surface area contributed by atoms with Gasteiger partial charge in [0.05, 0.1) is 18.7 Å². The fourth-order valence-electron chi connectivity index (χ4n) is 4.35. The average molecular weight is 458 g/mol. The van der Waals surface area contributed by atoms with Crippen LogP contribution in [0, 0.1) is 30.1 Å². The Kier molecular flexibility index (Phi) is 9.65. The second-order valence-corrected chi connectivity index (χ2v) is 8.68. The quantitative estimate of drug-likeness (QED) is 0.468. The minimum absolute atomic E-state index is 0.284. The molecule has 1 fully saturated rings. The van der Waals surface area contributed by atoms with Crippen LogP contribution in [0.1, 0.15) is 74.6 Å². The third-order valence-electron chi connectivity index (χ3n) is 6.05. The molecule has 0 bridgehead atoms. The van der Waals surface area contributed by atoms with Gasteiger partial charge in [-0.1, -0.05) is 57.5 Å². The van der Waals surface area contributed by atoms with Crippen molar-refractivity contribution in [1.29, 1.82) is 5.26 Å². The lowest BCUT2D eigenvalue weighted by Crippen LogP contribution is -2.39. The van der Waals surface area contributed by atoms with Crippen molar-refractivity contribution in [3.63, 3.8) is 0 Å². The third kappa shape index (κ3) is 5.48. The van der Waals surface area contributed by atoms with Gasteiger partial charge in [-0.05, 0) is 50.2 Å². The lowest BCUT2D eigenvalue weighted by Gasteiger charge is -2.37. The van der Waals surface area contributed by atoms with Gasteiger partial charge >= 0.3 is 5.97 Å². The van der Waals surface area contributed by atoms with Crippen molar-refractivity contribution in [2.24, 2.45) is 11.8 Å². The molecule has 6 heteroatoms. The predicted molar refractivity (Wildman–Crippen MR) is 132 cm³/mol. The first-order chi connectivity index (χ1) is 15.4. The van der Waals surface area contributed by atoms with Crippen molar-refractivity contribution in [2.75, 3.05) is 24.6 Å². The Morgan fingerprint density at radius 1 is 1.31 bits per heavy atom. The summed E-state index contributed by atoms with van der Waals surface area (Å²) in [5.41, 5.74) is 2.57. The minimum Gasteiger partial charge on any atom is -0.461 e. The van der Waals surface area contributed by atoms with Crippen LogP contribution in [0.5, 0.6) is 0 Å². The Bertz CT molecular complexity index is 959. The SMILES string of the molecule is CC.CCOC(=O)c1c(C)c(C#N)c(N2CCCC(C(C)C)C2)n1Cc1ccccc1Cl. The topological polar surface area (TPSA) is 58.3 Å². The molecule has 1 unspecified atom stereocenters. The highest BCUT2D eigenvalue weighted by Gasteiger charge is 2.32. The number of carbonyl (C=O) groups excluding carboxylic acids is 1. The van der Waals surface area contributed by atoms with Crippen molar-refractivity contribution in [3.05, 3.63) is 51.7 Å². The van der Waals surface area contributed by atoms with Crippen molar-refractivity contribution < 1.29 is 9.53 Å². The molecule has 1 saturated heterocycles. The highest BCUT2D eigenvalue weighted by molar-refractivity contribution is 6.31. The first kappa shape index (κ1) is 25.8. The first-order valence-corrected chi connectivity index (χ1v) is 12.0. The number of rotatable bonds is 6. The second kappa shape index (κ2) is 12.0. The number of halogens is 1. The summed E-state index contributed by atoms with van der Waals surface area (Å²) in [6.45, 7) is 14.6. The molecule has 0 amide bonds. The van der Waals surface area contributed by atoms with Gasteiger partial charge in [-0.3, -0.25) is 0 Å². The van der Waals surface area contributed by atoms with Gasteiger partial charge in [0.15, 0.2) is 0 Å². The first-order valence-electron chi connectivity index (χ1n) is 11.7. The molecule has 2 heterocycles. The summed E-state index contributed by atoms with van der Waals surface area (Å²) in [6.07, 6.45) is 2.25. The molecule has 1 aliphatic rings. The number of nitrogens with zero attached hydrogens (tertiary/aromatic N) is 3. The number of hydrogen-bond donors (Lipinski definition) is 0. The second-order valence-electron chi connectivity index (χ2n) is 8.27. The van der Waals surface area contributed by atoms with E-state index in [-0.39, 0.29) is 6.61 Å². The Morgan fingerprint density at radius 2 is 2.00 bits per heavy atom. The maximum Gasteiger partial charge on any atom is 0.355 e. The van der Waals surface area contributed by atoms with E-state index in [0.29, 0.717) is 40.2 Å². The molecule has 1 aromatic carbocycles. The fraction of sp³-hybridized carbons (Fsp3) is 0.538. The van der Waals surface area contributed by atoms with Gasteiger partial charge in [-0.2, -0.15) is 5.26 Å². The van der Waals surface area contributed by atoms with Crippen LogP contribution in [0.15, 0.2) is 24.3 Å². The summed E-state index contributed by atoms with van der Waals surface area (Å²) in [5, 5.41) is 10.6. The summed E-state index contributed by atoms with van der Waals surface area (Å²) in [5.74, 6) is 1.53. The zero-order chi connectivity index (χ0) is 23.8. The fourth-order valence-corrected chi connectivity index (χ4v) is 4.55. The molecule has 0 aliphatic carbocycles. The van der Waals surface area contributed by atoms with Crippen molar-refractivity contribution in [1.82, 2.24) is 4.57 Å². The third-order valence-corrected chi connectivity index (χ3v) is 6.42. The molecule has 0 spiro atoms. The van der Waals surface area contributed by atoms with E-state index >= 15 is 0 Å². The summed E-state index contributed by atoms with van der Waals surface area (Å²) in [4.78, 5) is 15.2. The van der Waals surface area contributed by atoms with E-state index in [1.165, 1.54) is 6.42 Å². The number of aromatic nitrogens is 1. The van der Waals surface area contributed by atoms with Gasteiger partial charge < -0.3 is 14.2 Å². The molecule has 2 aromatic rings. The molecule has 1 aliphatic heterocycles. The lowest BCUT2D eigenvalue weighted by molar-refractivity contribution is 0.0513. The molecular weight excluding hydrogens is 422 g/mol. The van der Waals surface area contributed by atoms with Crippen LogP contribution in [0.2, 0.25) is 5.02 Å². The maximum absolute atomic E-state index is 12.9. The molecule has 174 valence electrons. The van der Waals surface area contributed by atoms with Crippen LogP contribution in [-0.2, 0) is 11.3 Å². The van der Waals surface area contributed by atoms with E-state index in [4.69, 9.17) is 16.3 Å². The molecule has 32 heavy (non-hydrogen) atoms. The molecule has 0 radical (unpaired) electrons. The smallest absolute Gasteiger partial charge is 0.355 e. The summed E-state index contributed by atoms with van der Waals surface area (Å²) in [6, 6.07) is 9.98. The van der Waals surface area contributed by atoms with Gasteiger partial charge in [0.1, 0.15) is 17.6 Å². The Morgan fingerprint density at radius 3 is 2.59 bits per heavy atom. The van der Waals surface area contributed by atoms with Gasteiger partial charge in [0.2, 0.25) is 0 Å². The highest BCUT2D eigenvalue weighted by atomic mass is 35.5. The largest absolute Gasteiger partial charge is 0.461 e. The molecular formula is C26H36ClN3O2. The van der Waals surface area contributed by atoms with Crippen LogP contribution in [0.3, 0.4) is 0 Å². The lowest BCUT2D eigenvalue weighted by atomic mass is 9.88. The van der Waals surface area contributed by atoms with Gasteiger partial charge in [0.25, 0.3) is 0 Å². The predicted octanol–water partition coefficient (Wildman–Crippen LogP) is 6.45. The number of anilines is 1. The number of esters is 1. The average Bonchev–Trinajstić information content (AvgIpc) is 3.07. The van der Waals surface area contributed by atoms with Gasteiger partial charge in [-0.25, -0.2) is 4.79 Å². The van der Waals surface area contributed by atoms with Crippen molar-refractivity contribution in [3.8, 4) is 6.07 Å². The Hall–Kier alpha value is -2.45. The van der Waals surface area contributed by atoms with E-state index in [9.17, 15) is 10.1 Å². The molecule has 3 rings (SSSR count). The van der Waals surface area contributed by atoms with Crippen LogP contribution < -0.4 is 4.90 Å². The van der Waals surface area contributed by atoms with Crippen molar-refractivity contribution in [2.45, 2.75) is 60.9 Å². The van der Waals surface area contributed by atoms with Crippen LogP contribution in [-0.4, -0.2) is 30.2 Å². The number of ether oxygens (including phenoxy) is 1. The number of piperidine rings is 1. The zero-order valence-corrected chi connectivity index (χ0v) is 21.0. The monoisotopic (exact) mass is 457 g/mol. The molecule has 5 nitrogen and oxygen atoms in total. The number of carbonyl (C=O) groups is 1. The number of benzene rings is 1. The summed E-state index contributed by atoms with van der Waals surface area (Å²) >= 11 is 6.44. The summed E-state index contributed by atoms with van der Waals surface area (Å²) < 4.78 is 7.30. The molecule has 0 saturated carbocycles. The zero-order valence-electron chi connectivity index (χ0n) is 20.2. The summed E-state index contributed by atoms with van der Waals surface area (Å²) in [7, 11) is 0. The van der Waals surface area contributed by atoms with E-state index in [1.807, 2.05) is 49.6 Å². The highest BCUT2D eigenvalue weighted by Crippen LogP contribution is 2.36. The molecule has 1 aromatic heterocycles. The standard InChI is InChI=1S/C24H30ClN3O2.C2H6/c1-5-30-24(29)22-17(4)20(13-26)23(27-12-8-10-18(14-27)16(2)3)28(22)15-19-9-6-7-11-21(19)25;1-2/h6-7,9,11,16,18H,5,8,10,12,14-15H2,1-4H3;1-2H3. The van der Waals surface area contributed by atoms with Gasteiger partial charge in [-0.15, -0.1) is 0 Å². The van der Waals surface area contributed by atoms with Gasteiger partial charge in [0, 0.05) is 23.7 Å². The van der Waals surface area contributed by atoms with Crippen LogP contribution >= 0.6 is 11.6 Å². The Labute approximate surface area is 197 Å². The van der Waals surface area contributed by atoms with Crippen LogP contribution in [0.4, 0.5) is 5.82 Å². The maximum atomic E-state index is 12.9. The van der Waals surface area contributed by atoms with Crippen LogP contribution in [0.25, 0.3) is 0 Å². The number of hydrogen-bond acceptors (Lipinski definition) is 4. The number of nitriles is 1. The van der Waals surface area contributed by atoms with E-state index < -0.39 is 5.97 Å². The van der Waals surface area contributed by atoms with E-state index in [0.717, 1.165) is 30.9 Å². The normalized spacial score (nSPS) is 15.7. The van der Waals surface area contributed by atoms with Crippen molar-refractivity contribution >= 4 is 23.4 Å². The molecule has 1 atom stereocenters. The van der Waals surface area contributed by atoms with E-state index in [1.54, 1.807) is 6.92 Å². The van der Waals surface area contributed by atoms with E-state index in [2.05, 4.69) is 24.8 Å². The minimum atomic E-state index is -0.401. The molecule has 0 N–H and O–H groups in total.